The van der Waals surface area contributed by atoms with Crippen LogP contribution in [0.2, 0.25) is 0 Å². The van der Waals surface area contributed by atoms with Crippen LogP contribution in [0.15, 0.2) is 24.3 Å². The highest BCUT2D eigenvalue weighted by Crippen LogP contribution is 2.11. The Labute approximate surface area is 108 Å². The lowest BCUT2D eigenvalue weighted by molar-refractivity contribution is 0.0951. The number of hydrazine groups is 1. The smallest absolute Gasteiger partial charge is 0.265 e. The molecule has 0 aromatic heterocycles. The van der Waals surface area contributed by atoms with Crippen molar-refractivity contribution in [1.29, 1.82) is 0 Å². The van der Waals surface area contributed by atoms with Gasteiger partial charge in [-0.15, -0.1) is 0 Å². The van der Waals surface area contributed by atoms with E-state index in [1.165, 1.54) is 0 Å². The van der Waals surface area contributed by atoms with Gasteiger partial charge in [0.2, 0.25) is 0 Å². The van der Waals surface area contributed by atoms with Crippen LogP contribution in [-0.4, -0.2) is 38.1 Å². The third kappa shape index (κ3) is 4.44. The molecule has 0 aliphatic heterocycles. The van der Waals surface area contributed by atoms with E-state index >= 15 is 0 Å². The number of amides is 1. The van der Waals surface area contributed by atoms with Crippen LogP contribution in [-0.2, 0) is 11.3 Å². The molecule has 0 radical (unpaired) electrons. The summed E-state index contributed by atoms with van der Waals surface area (Å²) in [5.41, 5.74) is 3.77. The molecule has 1 aromatic carbocycles. The summed E-state index contributed by atoms with van der Waals surface area (Å²) in [5.74, 6) is 4.92. The Balaban J connectivity index is 2.63. The van der Waals surface area contributed by atoms with Gasteiger partial charge in [-0.3, -0.25) is 10.2 Å². The van der Waals surface area contributed by atoms with Crippen molar-refractivity contribution in [3.05, 3.63) is 35.4 Å². The Kier molecular flexibility index (Phi) is 6.35. The molecule has 3 N–H and O–H groups in total. The molecular formula is C13H21N3O2. The fraction of sp³-hybridized carbons (Fsp3) is 0.462. The zero-order valence-corrected chi connectivity index (χ0v) is 11.0. The minimum Gasteiger partial charge on any atom is -0.385 e. The lowest BCUT2D eigenvalue weighted by atomic mass is 10.1. The molecule has 0 bridgehead atoms. The van der Waals surface area contributed by atoms with Crippen LogP contribution in [0.4, 0.5) is 0 Å². The molecule has 5 heteroatoms. The average molecular weight is 251 g/mol. The van der Waals surface area contributed by atoms with Crippen LogP contribution in [0.1, 0.15) is 22.3 Å². The molecule has 0 aliphatic carbocycles. The maximum absolute atomic E-state index is 11.6. The van der Waals surface area contributed by atoms with Crippen LogP contribution in [0.5, 0.6) is 0 Å². The summed E-state index contributed by atoms with van der Waals surface area (Å²) >= 11 is 0. The second-order valence-corrected chi connectivity index (χ2v) is 4.21. The highest BCUT2D eigenvalue weighted by atomic mass is 16.5. The molecule has 1 rings (SSSR count). The number of hydrogen-bond donors (Lipinski definition) is 2. The summed E-state index contributed by atoms with van der Waals surface area (Å²) in [6, 6.07) is 7.47. The van der Waals surface area contributed by atoms with Crippen molar-refractivity contribution in [3.8, 4) is 0 Å². The van der Waals surface area contributed by atoms with Crippen molar-refractivity contribution in [2.45, 2.75) is 13.0 Å². The highest BCUT2D eigenvalue weighted by Gasteiger charge is 2.10. The zero-order chi connectivity index (χ0) is 13.4. The molecule has 0 aliphatic rings. The Morgan fingerprint density at radius 3 is 2.83 bits per heavy atom. The summed E-state index contributed by atoms with van der Waals surface area (Å²) in [6.45, 7) is 2.38. The van der Waals surface area contributed by atoms with Gasteiger partial charge >= 0.3 is 0 Å². The number of nitrogen functional groups attached to an aromatic ring is 1. The van der Waals surface area contributed by atoms with Crippen molar-refractivity contribution in [2.75, 3.05) is 27.3 Å². The first kappa shape index (κ1) is 14.6. The second kappa shape index (κ2) is 7.81. The SMILES string of the molecule is COCCCN(C)Cc1ccccc1C(=O)NN. The predicted molar refractivity (Wildman–Crippen MR) is 70.9 cm³/mol. The van der Waals surface area contributed by atoms with Crippen molar-refractivity contribution in [3.63, 3.8) is 0 Å². The second-order valence-electron chi connectivity index (χ2n) is 4.21. The summed E-state index contributed by atoms with van der Waals surface area (Å²) in [6.07, 6.45) is 0.970. The minimum absolute atomic E-state index is 0.254. The number of rotatable bonds is 7. The van der Waals surface area contributed by atoms with Crippen LogP contribution >= 0.6 is 0 Å². The lowest BCUT2D eigenvalue weighted by Crippen LogP contribution is -2.31. The lowest BCUT2D eigenvalue weighted by Gasteiger charge is -2.18. The monoisotopic (exact) mass is 251 g/mol. The number of methoxy groups -OCH3 is 1. The Bertz CT molecular complexity index is 382. The fourth-order valence-electron chi connectivity index (χ4n) is 1.81. The number of ether oxygens (including phenoxy) is 1. The maximum Gasteiger partial charge on any atom is 0.265 e. The third-order valence-electron chi connectivity index (χ3n) is 2.72. The van der Waals surface area contributed by atoms with Crippen molar-refractivity contribution in [1.82, 2.24) is 10.3 Å². The van der Waals surface area contributed by atoms with Crippen molar-refractivity contribution in [2.24, 2.45) is 5.84 Å². The number of benzene rings is 1. The molecule has 0 atom stereocenters. The molecule has 1 amide bonds. The molecule has 0 heterocycles. The number of hydrogen-bond acceptors (Lipinski definition) is 4. The number of carbonyl (C=O) groups excluding carboxylic acids is 1. The van der Waals surface area contributed by atoms with Crippen molar-refractivity contribution >= 4 is 5.91 Å². The van der Waals surface area contributed by atoms with E-state index in [4.69, 9.17) is 10.6 Å². The van der Waals surface area contributed by atoms with Crippen LogP contribution in [0.3, 0.4) is 0 Å². The number of nitrogens with one attached hydrogen (secondary N) is 1. The van der Waals surface area contributed by atoms with E-state index in [-0.39, 0.29) is 5.91 Å². The standard InChI is InChI=1S/C13H21N3O2/c1-16(8-5-9-18-2)10-11-6-3-4-7-12(11)13(17)15-14/h3-4,6-7H,5,8-10,14H2,1-2H3,(H,15,17). The van der Waals surface area contributed by atoms with E-state index in [2.05, 4.69) is 10.3 Å². The van der Waals surface area contributed by atoms with E-state index in [0.717, 1.165) is 25.1 Å². The van der Waals surface area contributed by atoms with Gasteiger partial charge in [-0.1, -0.05) is 18.2 Å². The average Bonchev–Trinajstić information content (AvgIpc) is 2.39. The Morgan fingerprint density at radius 1 is 1.44 bits per heavy atom. The zero-order valence-electron chi connectivity index (χ0n) is 11.0. The molecule has 0 saturated carbocycles. The van der Waals surface area contributed by atoms with Gasteiger partial charge in [-0.25, -0.2) is 5.84 Å². The Hall–Kier alpha value is -1.43. The van der Waals surface area contributed by atoms with Gasteiger partial charge in [-0.2, -0.15) is 0 Å². The molecule has 0 fully saturated rings. The molecule has 18 heavy (non-hydrogen) atoms. The van der Waals surface area contributed by atoms with Gasteiger partial charge in [0.25, 0.3) is 5.91 Å². The topological polar surface area (TPSA) is 67.6 Å². The first-order chi connectivity index (χ1) is 8.69. The quantitative estimate of drug-likeness (QED) is 0.325. The van der Waals surface area contributed by atoms with Crippen LogP contribution in [0, 0.1) is 0 Å². The van der Waals surface area contributed by atoms with Gasteiger partial charge in [0.1, 0.15) is 0 Å². The van der Waals surface area contributed by atoms with Gasteiger partial charge in [0.15, 0.2) is 0 Å². The highest BCUT2D eigenvalue weighted by molar-refractivity contribution is 5.95. The predicted octanol–water partition coefficient (Wildman–Crippen LogP) is 0.758. The first-order valence-corrected chi connectivity index (χ1v) is 5.95. The summed E-state index contributed by atoms with van der Waals surface area (Å²) < 4.78 is 5.01. The largest absolute Gasteiger partial charge is 0.385 e. The normalized spacial score (nSPS) is 10.7. The molecular weight excluding hydrogens is 230 g/mol. The Morgan fingerprint density at radius 2 is 2.17 bits per heavy atom. The third-order valence-corrected chi connectivity index (χ3v) is 2.72. The van der Waals surface area contributed by atoms with Crippen LogP contribution < -0.4 is 11.3 Å². The molecule has 5 nitrogen and oxygen atoms in total. The van der Waals surface area contributed by atoms with Crippen LogP contribution in [0.25, 0.3) is 0 Å². The van der Waals surface area contributed by atoms with E-state index in [1.54, 1.807) is 13.2 Å². The number of nitrogens with two attached hydrogens (primary N) is 1. The number of nitrogens with zero attached hydrogens (tertiary/aromatic N) is 1. The first-order valence-electron chi connectivity index (χ1n) is 5.95. The van der Waals surface area contributed by atoms with Gasteiger partial charge in [0, 0.05) is 32.4 Å². The minimum atomic E-state index is -0.254. The summed E-state index contributed by atoms with van der Waals surface area (Å²) in [5, 5.41) is 0. The van der Waals surface area contributed by atoms with E-state index in [0.29, 0.717) is 12.1 Å². The molecule has 1 aromatic rings. The number of carbonyl (C=O) groups is 1. The van der Waals surface area contributed by atoms with E-state index in [9.17, 15) is 4.79 Å². The van der Waals surface area contributed by atoms with E-state index in [1.807, 2.05) is 25.2 Å². The molecule has 0 saturated heterocycles. The fourth-order valence-corrected chi connectivity index (χ4v) is 1.81. The summed E-state index contributed by atoms with van der Waals surface area (Å²) in [4.78, 5) is 13.8. The van der Waals surface area contributed by atoms with Crippen molar-refractivity contribution < 1.29 is 9.53 Å². The van der Waals surface area contributed by atoms with Gasteiger partial charge in [0.05, 0.1) is 0 Å². The van der Waals surface area contributed by atoms with Gasteiger partial charge < -0.3 is 9.64 Å². The molecule has 100 valence electrons. The molecule has 0 unspecified atom stereocenters. The van der Waals surface area contributed by atoms with Gasteiger partial charge in [-0.05, 0) is 25.1 Å². The van der Waals surface area contributed by atoms with E-state index < -0.39 is 0 Å². The molecule has 0 spiro atoms. The maximum atomic E-state index is 11.6. The summed E-state index contributed by atoms with van der Waals surface area (Å²) in [7, 11) is 3.72.